The largest absolute Gasteiger partial charge is 0.460 e. The van der Waals surface area contributed by atoms with E-state index in [0.29, 0.717) is 13.2 Å². The van der Waals surface area contributed by atoms with E-state index in [1.807, 2.05) is 45.1 Å². The third-order valence-electron chi connectivity index (χ3n) is 4.38. The van der Waals surface area contributed by atoms with Gasteiger partial charge in [0.1, 0.15) is 26.0 Å². The van der Waals surface area contributed by atoms with Gasteiger partial charge in [0.05, 0.1) is 18.7 Å². The Morgan fingerprint density at radius 1 is 1.45 bits per heavy atom. The molecule has 4 atom stereocenters. The average Bonchev–Trinajstić information content (AvgIpc) is 2.98. The van der Waals surface area contributed by atoms with E-state index >= 15 is 0 Å². The summed E-state index contributed by atoms with van der Waals surface area (Å²) in [6.45, 7) is 2.82. The number of benzene rings is 1. The molecule has 5 heteroatoms. The van der Waals surface area contributed by atoms with Crippen LogP contribution in [0.2, 0.25) is 0 Å². The van der Waals surface area contributed by atoms with E-state index in [0.717, 1.165) is 12.0 Å². The molecule has 0 N–H and O–H groups in total. The molecule has 2 heterocycles. The Bertz CT molecular complexity index is 492. The van der Waals surface area contributed by atoms with E-state index in [9.17, 15) is 4.79 Å². The Morgan fingerprint density at radius 3 is 2.85 bits per heavy atom. The van der Waals surface area contributed by atoms with Gasteiger partial charge in [0.15, 0.2) is 0 Å². The Morgan fingerprint density at radius 2 is 2.20 bits per heavy atom. The molecule has 1 aromatic rings. The van der Waals surface area contributed by atoms with Gasteiger partial charge >= 0.3 is 5.97 Å². The molecule has 3 rings (SSSR count). The lowest BCUT2D eigenvalue weighted by atomic mass is 9.83. The van der Waals surface area contributed by atoms with E-state index in [4.69, 9.17) is 14.2 Å². The second kappa shape index (κ2) is 5.22. The zero-order valence-corrected chi connectivity index (χ0v) is 11.9. The fourth-order valence-corrected chi connectivity index (χ4v) is 3.25. The minimum absolute atomic E-state index is 0.0435. The predicted molar refractivity (Wildman–Crippen MR) is 75.9 cm³/mol. The highest BCUT2D eigenvalue weighted by Gasteiger charge is 2.62. The Kier molecular flexibility index (Phi) is 3.56. The van der Waals surface area contributed by atoms with Crippen LogP contribution in [-0.2, 0) is 25.6 Å². The highest BCUT2D eigenvalue weighted by molar-refractivity contribution is 6.12. The number of esters is 1. The molecule has 0 aromatic heterocycles. The zero-order chi connectivity index (χ0) is 14.2. The van der Waals surface area contributed by atoms with Crippen molar-refractivity contribution in [3.63, 3.8) is 0 Å². The van der Waals surface area contributed by atoms with Gasteiger partial charge < -0.3 is 14.2 Å². The van der Waals surface area contributed by atoms with Crippen LogP contribution >= 0.6 is 0 Å². The van der Waals surface area contributed by atoms with Crippen molar-refractivity contribution in [3.8, 4) is 0 Å². The average molecular weight is 274 g/mol. The Balaban J connectivity index is 1.68. The maximum absolute atomic E-state index is 12.4. The smallest absolute Gasteiger partial charge is 0.315 e. The molecular weight excluding hydrogens is 255 g/mol. The summed E-state index contributed by atoms with van der Waals surface area (Å²) in [6, 6.07) is 9.66. The molecule has 106 valence electrons. The summed E-state index contributed by atoms with van der Waals surface area (Å²) in [7, 11) is 1.96. The summed E-state index contributed by atoms with van der Waals surface area (Å²) >= 11 is 0. The maximum Gasteiger partial charge on any atom is 0.315 e. The van der Waals surface area contributed by atoms with Gasteiger partial charge in [-0.05, 0) is 12.0 Å². The first-order valence-electron chi connectivity index (χ1n) is 7.16. The minimum atomic E-state index is -0.488. The van der Waals surface area contributed by atoms with Gasteiger partial charge in [0.25, 0.3) is 0 Å². The molecule has 0 radical (unpaired) electrons. The van der Waals surface area contributed by atoms with Gasteiger partial charge in [-0.15, -0.1) is 0 Å². The van der Waals surface area contributed by atoms with Crippen LogP contribution in [0, 0.1) is 5.92 Å². The standard InChI is InChI=1S/C15H19BO4/c1-2-15-9-19-12(13(16)20-15)11(15)14(17)18-8-10-6-4-3-5-7-10/h3-7,11-13H,2,8-9,16H2,1H3/t11-,12?,13+,15-/m0/s1. The first-order chi connectivity index (χ1) is 9.66. The Hall–Kier alpha value is -1.33. The van der Waals surface area contributed by atoms with Crippen LogP contribution in [0.15, 0.2) is 30.3 Å². The lowest BCUT2D eigenvalue weighted by Gasteiger charge is -2.29. The molecular formula is C15H19BO4. The molecule has 2 fully saturated rings. The lowest BCUT2D eigenvalue weighted by Crippen LogP contribution is -2.40. The monoisotopic (exact) mass is 274 g/mol. The summed E-state index contributed by atoms with van der Waals surface area (Å²) in [4.78, 5) is 12.4. The van der Waals surface area contributed by atoms with Crippen molar-refractivity contribution in [3.05, 3.63) is 35.9 Å². The molecule has 1 aromatic carbocycles. The summed E-state index contributed by atoms with van der Waals surface area (Å²) in [5.41, 5.74) is 0.504. The van der Waals surface area contributed by atoms with Crippen LogP contribution < -0.4 is 0 Å². The number of hydrogen-bond acceptors (Lipinski definition) is 4. The van der Waals surface area contributed by atoms with Gasteiger partial charge in [-0.3, -0.25) is 4.79 Å². The molecule has 2 bridgehead atoms. The first-order valence-corrected chi connectivity index (χ1v) is 7.16. The summed E-state index contributed by atoms with van der Waals surface area (Å²) in [6.07, 6.45) is 0.595. The minimum Gasteiger partial charge on any atom is -0.460 e. The second-order valence-electron chi connectivity index (χ2n) is 5.59. The van der Waals surface area contributed by atoms with E-state index in [2.05, 4.69) is 0 Å². The van der Waals surface area contributed by atoms with Crippen molar-refractivity contribution < 1.29 is 19.0 Å². The van der Waals surface area contributed by atoms with E-state index in [1.165, 1.54) is 0 Å². The predicted octanol–water partition coefficient (Wildman–Crippen LogP) is 0.883. The van der Waals surface area contributed by atoms with Gasteiger partial charge in [-0.1, -0.05) is 37.3 Å². The van der Waals surface area contributed by atoms with Crippen LogP contribution in [0.3, 0.4) is 0 Å². The molecule has 0 aliphatic carbocycles. The quantitative estimate of drug-likeness (QED) is 0.604. The third-order valence-corrected chi connectivity index (χ3v) is 4.38. The SMILES string of the molecule is B[C@@H]1O[C@@]2(CC)COC1[C@H]2C(=O)OCc1ccccc1. The van der Waals surface area contributed by atoms with Crippen LogP contribution in [0.4, 0.5) is 0 Å². The number of fused-ring (bicyclic) bond motifs is 2. The van der Waals surface area contributed by atoms with E-state index in [-0.39, 0.29) is 24.0 Å². The van der Waals surface area contributed by atoms with Crippen molar-refractivity contribution in [1.82, 2.24) is 0 Å². The summed E-state index contributed by atoms with van der Waals surface area (Å²) < 4.78 is 17.1. The van der Waals surface area contributed by atoms with Gasteiger partial charge in [0.2, 0.25) is 0 Å². The first kappa shape index (κ1) is 13.6. The van der Waals surface area contributed by atoms with Crippen LogP contribution in [-0.4, -0.2) is 38.1 Å². The van der Waals surface area contributed by atoms with Crippen molar-refractivity contribution in [1.29, 1.82) is 0 Å². The van der Waals surface area contributed by atoms with Crippen molar-refractivity contribution in [2.75, 3.05) is 6.61 Å². The molecule has 0 amide bonds. The second-order valence-corrected chi connectivity index (χ2v) is 5.59. The highest BCUT2D eigenvalue weighted by Crippen LogP contribution is 2.46. The molecule has 0 saturated carbocycles. The van der Waals surface area contributed by atoms with E-state index in [1.54, 1.807) is 0 Å². The van der Waals surface area contributed by atoms with Crippen molar-refractivity contribution in [2.24, 2.45) is 5.92 Å². The third kappa shape index (κ3) is 2.15. The fourth-order valence-electron chi connectivity index (χ4n) is 3.25. The van der Waals surface area contributed by atoms with E-state index < -0.39 is 5.60 Å². The fraction of sp³-hybridized carbons (Fsp3) is 0.533. The number of ether oxygens (including phenoxy) is 3. The topological polar surface area (TPSA) is 44.8 Å². The molecule has 2 aliphatic rings. The van der Waals surface area contributed by atoms with Crippen molar-refractivity contribution in [2.45, 2.75) is 37.7 Å². The maximum atomic E-state index is 12.4. The molecule has 2 aliphatic heterocycles. The van der Waals surface area contributed by atoms with Crippen LogP contribution in [0.25, 0.3) is 0 Å². The molecule has 20 heavy (non-hydrogen) atoms. The van der Waals surface area contributed by atoms with Crippen molar-refractivity contribution >= 4 is 13.8 Å². The molecule has 4 nitrogen and oxygen atoms in total. The number of hydrogen-bond donors (Lipinski definition) is 0. The molecule has 2 saturated heterocycles. The van der Waals surface area contributed by atoms with Crippen LogP contribution in [0.5, 0.6) is 0 Å². The molecule has 0 spiro atoms. The number of carbonyl (C=O) groups is 1. The highest BCUT2D eigenvalue weighted by atomic mass is 16.6. The normalized spacial score (nSPS) is 35.1. The zero-order valence-electron chi connectivity index (χ0n) is 11.9. The van der Waals surface area contributed by atoms with Gasteiger partial charge in [-0.2, -0.15) is 0 Å². The molecule has 1 unspecified atom stereocenters. The lowest BCUT2D eigenvalue weighted by molar-refractivity contribution is -0.155. The van der Waals surface area contributed by atoms with Gasteiger partial charge in [-0.25, -0.2) is 0 Å². The summed E-state index contributed by atoms with van der Waals surface area (Å²) in [5.74, 6) is -0.506. The van der Waals surface area contributed by atoms with Crippen LogP contribution in [0.1, 0.15) is 18.9 Å². The Labute approximate surface area is 119 Å². The number of rotatable bonds is 4. The van der Waals surface area contributed by atoms with Gasteiger partial charge in [0, 0.05) is 0 Å². The summed E-state index contributed by atoms with van der Waals surface area (Å²) in [5, 5.41) is 0. The number of carbonyl (C=O) groups excluding carboxylic acids is 1.